The molecule has 0 fully saturated rings. The van der Waals surface area contributed by atoms with Gasteiger partial charge >= 0.3 is 5.97 Å². The summed E-state index contributed by atoms with van der Waals surface area (Å²) in [5.41, 5.74) is 0.753. The molecule has 0 atom stereocenters. The Hall–Kier alpha value is -2.23. The third-order valence-corrected chi connectivity index (χ3v) is 2.46. The lowest BCUT2D eigenvalue weighted by Crippen LogP contribution is -2.00. The van der Waals surface area contributed by atoms with Crippen molar-refractivity contribution in [3.05, 3.63) is 53.5 Å². The van der Waals surface area contributed by atoms with Crippen LogP contribution in [0.4, 0.5) is 0 Å². The van der Waals surface area contributed by atoms with E-state index in [1.807, 2.05) is 19.1 Å². The Kier molecular flexibility index (Phi) is 3.67. The van der Waals surface area contributed by atoms with Crippen LogP contribution in [0.25, 0.3) is 0 Å². The molecule has 0 aliphatic rings. The average Bonchev–Trinajstić information content (AvgIpc) is 2.74. The van der Waals surface area contributed by atoms with Crippen molar-refractivity contribution >= 4 is 5.97 Å². The second kappa shape index (κ2) is 5.40. The monoisotopic (exact) mass is 246 g/mol. The topological polar surface area (TPSA) is 59.7 Å². The van der Waals surface area contributed by atoms with Crippen molar-refractivity contribution in [2.75, 3.05) is 0 Å². The van der Waals surface area contributed by atoms with Gasteiger partial charge in [0.25, 0.3) is 0 Å². The van der Waals surface area contributed by atoms with Crippen LogP contribution in [-0.4, -0.2) is 11.1 Å². The van der Waals surface area contributed by atoms with E-state index >= 15 is 0 Å². The van der Waals surface area contributed by atoms with Gasteiger partial charge in [-0.05, 0) is 36.8 Å². The summed E-state index contributed by atoms with van der Waals surface area (Å²) in [6, 6.07) is 10.8. The van der Waals surface area contributed by atoms with Gasteiger partial charge < -0.3 is 14.3 Å². The third-order valence-electron chi connectivity index (χ3n) is 2.46. The van der Waals surface area contributed by atoms with E-state index in [1.54, 1.807) is 24.3 Å². The van der Waals surface area contributed by atoms with E-state index in [4.69, 9.17) is 14.3 Å². The SMILES string of the molecule is Cc1ccc(COc2ccc(CC(=O)O)cc2)o1. The Balaban J connectivity index is 1.92. The predicted molar refractivity (Wildman–Crippen MR) is 65.6 cm³/mol. The summed E-state index contributed by atoms with van der Waals surface area (Å²) in [6.45, 7) is 2.25. The molecule has 4 heteroatoms. The molecule has 0 spiro atoms. The average molecular weight is 246 g/mol. The van der Waals surface area contributed by atoms with E-state index in [0.29, 0.717) is 12.4 Å². The number of carbonyl (C=O) groups is 1. The number of furan rings is 1. The third kappa shape index (κ3) is 3.38. The second-order valence-electron chi connectivity index (χ2n) is 4.02. The van der Waals surface area contributed by atoms with E-state index in [-0.39, 0.29) is 6.42 Å². The smallest absolute Gasteiger partial charge is 0.307 e. The summed E-state index contributed by atoms with van der Waals surface area (Å²) in [6.07, 6.45) is 0.0255. The molecule has 0 unspecified atom stereocenters. The number of rotatable bonds is 5. The molecule has 2 rings (SSSR count). The van der Waals surface area contributed by atoms with Gasteiger partial charge in [0.15, 0.2) is 0 Å². The van der Waals surface area contributed by atoms with Crippen molar-refractivity contribution in [1.82, 2.24) is 0 Å². The summed E-state index contributed by atoms with van der Waals surface area (Å²) < 4.78 is 10.9. The Bertz CT molecular complexity index is 525. The molecule has 1 aromatic heterocycles. The molecule has 0 aliphatic carbocycles. The normalized spacial score (nSPS) is 10.3. The van der Waals surface area contributed by atoms with Gasteiger partial charge in [0, 0.05) is 0 Å². The van der Waals surface area contributed by atoms with Gasteiger partial charge in [0.1, 0.15) is 23.9 Å². The van der Waals surface area contributed by atoms with Crippen molar-refractivity contribution in [3.8, 4) is 5.75 Å². The molecule has 4 nitrogen and oxygen atoms in total. The molecule has 1 aromatic carbocycles. The highest BCUT2D eigenvalue weighted by atomic mass is 16.5. The maximum Gasteiger partial charge on any atom is 0.307 e. The molecular formula is C14H14O4. The van der Waals surface area contributed by atoms with Gasteiger partial charge in [-0.25, -0.2) is 0 Å². The summed E-state index contributed by atoms with van der Waals surface area (Å²) in [7, 11) is 0. The van der Waals surface area contributed by atoms with Gasteiger partial charge in [-0.3, -0.25) is 4.79 Å². The van der Waals surface area contributed by atoms with Crippen LogP contribution >= 0.6 is 0 Å². The number of ether oxygens (including phenoxy) is 1. The number of hydrogen-bond donors (Lipinski definition) is 1. The van der Waals surface area contributed by atoms with Crippen LogP contribution in [0.1, 0.15) is 17.1 Å². The molecule has 18 heavy (non-hydrogen) atoms. The highest BCUT2D eigenvalue weighted by Crippen LogP contribution is 2.15. The second-order valence-corrected chi connectivity index (χ2v) is 4.02. The highest BCUT2D eigenvalue weighted by molar-refractivity contribution is 5.70. The summed E-state index contributed by atoms with van der Waals surface area (Å²) in [4.78, 5) is 10.5. The van der Waals surface area contributed by atoms with Crippen molar-refractivity contribution < 1.29 is 19.1 Å². The van der Waals surface area contributed by atoms with E-state index in [2.05, 4.69) is 0 Å². The van der Waals surface area contributed by atoms with Crippen LogP contribution < -0.4 is 4.74 Å². The summed E-state index contributed by atoms with van der Waals surface area (Å²) >= 11 is 0. The zero-order valence-electron chi connectivity index (χ0n) is 10.1. The fourth-order valence-electron chi connectivity index (χ4n) is 1.60. The summed E-state index contributed by atoms with van der Waals surface area (Å²) in [5, 5.41) is 8.65. The van der Waals surface area contributed by atoms with E-state index < -0.39 is 5.97 Å². The van der Waals surface area contributed by atoms with Gasteiger partial charge in [-0.15, -0.1) is 0 Å². The lowest BCUT2D eigenvalue weighted by atomic mass is 10.1. The zero-order chi connectivity index (χ0) is 13.0. The standard InChI is InChI=1S/C14H14O4/c1-10-2-5-13(18-10)9-17-12-6-3-11(4-7-12)8-14(15)16/h2-7H,8-9H2,1H3,(H,15,16). The number of benzene rings is 1. The number of carboxylic acid groups (broad SMARTS) is 1. The molecule has 2 aromatic rings. The van der Waals surface area contributed by atoms with Gasteiger partial charge in [-0.2, -0.15) is 0 Å². The first-order chi connectivity index (χ1) is 8.63. The predicted octanol–water partition coefficient (Wildman–Crippen LogP) is 2.79. The first-order valence-electron chi connectivity index (χ1n) is 5.62. The first kappa shape index (κ1) is 12.2. The number of aryl methyl sites for hydroxylation is 1. The van der Waals surface area contributed by atoms with E-state index in [0.717, 1.165) is 17.1 Å². The number of carboxylic acids is 1. The van der Waals surface area contributed by atoms with E-state index in [1.165, 1.54) is 0 Å². The van der Waals surface area contributed by atoms with Gasteiger partial charge in [-0.1, -0.05) is 12.1 Å². The van der Waals surface area contributed by atoms with Crippen LogP contribution in [0, 0.1) is 6.92 Å². The lowest BCUT2D eigenvalue weighted by molar-refractivity contribution is -0.136. The fraction of sp³-hybridized carbons (Fsp3) is 0.214. The van der Waals surface area contributed by atoms with Gasteiger partial charge in [0.05, 0.1) is 6.42 Å². The Labute approximate surface area is 105 Å². The highest BCUT2D eigenvalue weighted by Gasteiger charge is 2.02. The minimum atomic E-state index is -0.838. The van der Waals surface area contributed by atoms with Crippen molar-refractivity contribution in [2.24, 2.45) is 0 Å². The van der Waals surface area contributed by atoms with Crippen LogP contribution in [0.3, 0.4) is 0 Å². The molecular weight excluding hydrogens is 232 g/mol. The van der Waals surface area contributed by atoms with E-state index in [9.17, 15) is 4.79 Å². The molecule has 1 N–H and O–H groups in total. The van der Waals surface area contributed by atoms with Gasteiger partial charge in [0.2, 0.25) is 0 Å². The molecule has 0 amide bonds. The Morgan fingerprint density at radius 1 is 1.22 bits per heavy atom. The molecule has 0 bridgehead atoms. The molecule has 0 aliphatic heterocycles. The quantitative estimate of drug-likeness (QED) is 0.881. The van der Waals surface area contributed by atoms with Crippen LogP contribution in [0.5, 0.6) is 5.75 Å². The Morgan fingerprint density at radius 3 is 2.50 bits per heavy atom. The van der Waals surface area contributed by atoms with Crippen molar-refractivity contribution in [1.29, 1.82) is 0 Å². The molecule has 0 saturated heterocycles. The maximum atomic E-state index is 10.5. The van der Waals surface area contributed by atoms with Crippen molar-refractivity contribution in [3.63, 3.8) is 0 Å². The van der Waals surface area contributed by atoms with Crippen LogP contribution in [0.2, 0.25) is 0 Å². The minimum Gasteiger partial charge on any atom is -0.486 e. The molecule has 0 radical (unpaired) electrons. The largest absolute Gasteiger partial charge is 0.486 e. The fourth-order valence-corrected chi connectivity index (χ4v) is 1.60. The number of aliphatic carboxylic acids is 1. The first-order valence-corrected chi connectivity index (χ1v) is 5.62. The summed E-state index contributed by atoms with van der Waals surface area (Å²) in [5.74, 6) is 1.47. The molecule has 94 valence electrons. The van der Waals surface area contributed by atoms with Crippen LogP contribution in [-0.2, 0) is 17.8 Å². The molecule has 1 heterocycles. The van der Waals surface area contributed by atoms with Crippen LogP contribution in [0.15, 0.2) is 40.8 Å². The lowest BCUT2D eigenvalue weighted by Gasteiger charge is -2.04. The van der Waals surface area contributed by atoms with Crippen molar-refractivity contribution in [2.45, 2.75) is 20.0 Å². The maximum absolute atomic E-state index is 10.5. The Morgan fingerprint density at radius 2 is 1.94 bits per heavy atom. The minimum absolute atomic E-state index is 0.0255. The molecule has 0 saturated carbocycles. The zero-order valence-corrected chi connectivity index (χ0v) is 10.1. The number of hydrogen-bond acceptors (Lipinski definition) is 3.